The molecule has 0 fully saturated rings. The second-order valence-corrected chi connectivity index (χ2v) is 7.31. The molecular weight excluding hydrogens is 421 g/mol. The number of nitrogens with one attached hydrogen (secondary N) is 2. The van der Waals surface area contributed by atoms with E-state index in [1.54, 1.807) is 12.1 Å². The number of carboxylic acids is 1. The molecule has 0 aromatic heterocycles. The Hall–Kier alpha value is -2.94. The normalized spacial score (nSPS) is 16.2. The third-order valence-electron chi connectivity index (χ3n) is 5.05. The van der Waals surface area contributed by atoms with Crippen molar-refractivity contribution >= 4 is 53.2 Å². The number of carbonyl (C=O) groups excluding carboxylic acids is 3. The van der Waals surface area contributed by atoms with Crippen LogP contribution in [-0.2, 0) is 14.4 Å². The molecule has 1 aliphatic rings. The van der Waals surface area contributed by atoms with Crippen LogP contribution in [0, 0.1) is 6.92 Å². The summed E-state index contributed by atoms with van der Waals surface area (Å²) in [5.74, 6) is -2.22. The van der Waals surface area contributed by atoms with Gasteiger partial charge in [0.2, 0.25) is 0 Å². The maximum absolute atomic E-state index is 12.5. The standard InChI is InChI=1S/C23H23N3O5.Na.H/c1-14-6-3-4-9-17(14)15-7-5-8-16(12-15)18(13-20(28)29)24-23(31)25-21-19(27)10-11-26(2)22(21)30;;/h3-12,18,21H,13H2,1-2H3,(H,28,29)(H2,24,25,31);;. The van der Waals surface area contributed by atoms with Crippen LogP contribution in [0.1, 0.15) is 23.6 Å². The summed E-state index contributed by atoms with van der Waals surface area (Å²) in [6.07, 6.45) is 2.16. The summed E-state index contributed by atoms with van der Waals surface area (Å²) >= 11 is 0. The molecule has 2 aromatic carbocycles. The first kappa shape index (κ1) is 25.3. The monoisotopic (exact) mass is 445 g/mol. The van der Waals surface area contributed by atoms with Crippen LogP contribution in [-0.4, -0.2) is 76.3 Å². The van der Waals surface area contributed by atoms with Gasteiger partial charge in [0, 0.05) is 19.3 Å². The van der Waals surface area contributed by atoms with Gasteiger partial charge in [-0.3, -0.25) is 14.4 Å². The third kappa shape index (κ3) is 6.06. The molecule has 0 bridgehead atoms. The number of hydrogen-bond donors (Lipinski definition) is 3. The predicted molar refractivity (Wildman–Crippen MR) is 121 cm³/mol. The SMILES string of the molecule is Cc1ccccc1-c1cccc(C(CC(=O)O)NC(=O)NC2C(=O)C=CN(C)C2=O)c1.[NaH]. The first-order chi connectivity index (χ1) is 14.8. The number of ketones is 1. The van der Waals surface area contributed by atoms with E-state index in [-0.39, 0.29) is 36.0 Å². The second kappa shape index (κ2) is 11.1. The van der Waals surface area contributed by atoms with E-state index in [0.29, 0.717) is 5.56 Å². The van der Waals surface area contributed by atoms with E-state index < -0.39 is 35.8 Å². The van der Waals surface area contributed by atoms with Gasteiger partial charge in [0.05, 0.1) is 12.5 Å². The number of benzene rings is 2. The first-order valence-corrected chi connectivity index (χ1v) is 9.70. The van der Waals surface area contributed by atoms with Crippen LogP contribution in [0.15, 0.2) is 60.8 Å². The van der Waals surface area contributed by atoms with Gasteiger partial charge in [-0.05, 0) is 35.2 Å². The van der Waals surface area contributed by atoms with E-state index in [2.05, 4.69) is 10.6 Å². The molecule has 3 rings (SSSR count). The molecule has 2 unspecified atom stereocenters. The number of nitrogens with zero attached hydrogens (tertiary/aromatic N) is 1. The summed E-state index contributed by atoms with van der Waals surface area (Å²) in [5, 5.41) is 14.3. The number of carbonyl (C=O) groups is 4. The van der Waals surface area contributed by atoms with Gasteiger partial charge in [0.1, 0.15) is 0 Å². The number of aryl methyl sites for hydroxylation is 1. The molecule has 0 spiro atoms. The van der Waals surface area contributed by atoms with Crippen LogP contribution in [0.2, 0.25) is 0 Å². The number of rotatable bonds is 6. The fraction of sp³-hybridized carbons (Fsp3) is 0.217. The number of likely N-dealkylation sites (N-methyl/N-ethyl adjacent to an activating group) is 1. The van der Waals surface area contributed by atoms with E-state index >= 15 is 0 Å². The summed E-state index contributed by atoms with van der Waals surface area (Å²) in [4.78, 5) is 49.3. The molecule has 2 aromatic rings. The minimum atomic E-state index is -1.35. The number of urea groups is 1. The molecular formula is C23H24N3NaO5. The van der Waals surface area contributed by atoms with Crippen LogP contribution >= 0.6 is 0 Å². The van der Waals surface area contributed by atoms with Crippen molar-refractivity contribution in [1.82, 2.24) is 15.5 Å². The Balaban J connectivity index is 0.00000363. The molecule has 1 aliphatic heterocycles. The van der Waals surface area contributed by atoms with Gasteiger partial charge < -0.3 is 20.6 Å². The fourth-order valence-corrected chi connectivity index (χ4v) is 3.39. The van der Waals surface area contributed by atoms with Crippen molar-refractivity contribution in [3.05, 3.63) is 71.9 Å². The molecule has 0 aliphatic carbocycles. The molecule has 32 heavy (non-hydrogen) atoms. The van der Waals surface area contributed by atoms with E-state index in [1.807, 2.05) is 43.3 Å². The summed E-state index contributed by atoms with van der Waals surface area (Å²) < 4.78 is 0. The Morgan fingerprint density at radius 2 is 1.84 bits per heavy atom. The van der Waals surface area contributed by atoms with Crippen LogP contribution in [0.5, 0.6) is 0 Å². The molecule has 0 radical (unpaired) electrons. The molecule has 1 heterocycles. The van der Waals surface area contributed by atoms with Crippen LogP contribution in [0.4, 0.5) is 4.79 Å². The van der Waals surface area contributed by atoms with Gasteiger partial charge in [0.15, 0.2) is 11.8 Å². The topological polar surface area (TPSA) is 116 Å². The summed E-state index contributed by atoms with van der Waals surface area (Å²) in [7, 11) is 1.47. The quantitative estimate of drug-likeness (QED) is 0.463. The Kier molecular flexibility index (Phi) is 8.77. The van der Waals surface area contributed by atoms with Crippen molar-refractivity contribution in [2.75, 3.05) is 7.05 Å². The molecule has 2 atom stereocenters. The van der Waals surface area contributed by atoms with Crippen LogP contribution in [0.3, 0.4) is 0 Å². The van der Waals surface area contributed by atoms with Crippen molar-refractivity contribution in [1.29, 1.82) is 0 Å². The fourth-order valence-electron chi connectivity index (χ4n) is 3.39. The van der Waals surface area contributed by atoms with Crippen LogP contribution in [0.25, 0.3) is 11.1 Å². The molecule has 3 N–H and O–H groups in total. The van der Waals surface area contributed by atoms with Gasteiger partial charge in [-0.25, -0.2) is 4.79 Å². The molecule has 9 heteroatoms. The average molecular weight is 445 g/mol. The summed E-state index contributed by atoms with van der Waals surface area (Å²) in [5.41, 5.74) is 3.54. The molecule has 8 nitrogen and oxygen atoms in total. The van der Waals surface area contributed by atoms with Gasteiger partial charge in [-0.1, -0.05) is 42.5 Å². The Bertz CT molecular complexity index is 1070. The molecule has 3 amide bonds. The second-order valence-electron chi connectivity index (χ2n) is 7.31. The van der Waals surface area contributed by atoms with Gasteiger partial charge in [-0.15, -0.1) is 0 Å². The van der Waals surface area contributed by atoms with Gasteiger partial charge in [-0.2, -0.15) is 0 Å². The Morgan fingerprint density at radius 3 is 2.53 bits per heavy atom. The zero-order valence-electron chi connectivity index (χ0n) is 17.2. The number of amides is 3. The van der Waals surface area contributed by atoms with Crippen molar-refractivity contribution in [3.63, 3.8) is 0 Å². The zero-order valence-corrected chi connectivity index (χ0v) is 17.2. The molecule has 0 saturated heterocycles. The Labute approximate surface area is 208 Å². The Morgan fingerprint density at radius 1 is 1.12 bits per heavy atom. The van der Waals surface area contributed by atoms with Gasteiger partial charge >= 0.3 is 41.6 Å². The maximum atomic E-state index is 12.5. The number of aliphatic carboxylic acids is 1. The van der Waals surface area contributed by atoms with E-state index in [4.69, 9.17) is 0 Å². The minimum absolute atomic E-state index is 0. The van der Waals surface area contributed by atoms with Crippen molar-refractivity contribution < 1.29 is 24.3 Å². The summed E-state index contributed by atoms with van der Waals surface area (Å²) in [6, 6.07) is 12.0. The van der Waals surface area contributed by atoms with Gasteiger partial charge in [0.25, 0.3) is 5.91 Å². The first-order valence-electron chi connectivity index (χ1n) is 9.70. The van der Waals surface area contributed by atoms with E-state index in [9.17, 15) is 24.3 Å². The van der Waals surface area contributed by atoms with Crippen molar-refractivity contribution in [2.24, 2.45) is 0 Å². The van der Waals surface area contributed by atoms with E-state index in [0.717, 1.165) is 16.7 Å². The molecule has 162 valence electrons. The molecule has 0 saturated carbocycles. The van der Waals surface area contributed by atoms with Crippen LogP contribution < -0.4 is 10.6 Å². The summed E-state index contributed by atoms with van der Waals surface area (Å²) in [6.45, 7) is 1.98. The third-order valence-corrected chi connectivity index (χ3v) is 5.05. The van der Waals surface area contributed by atoms with Crippen molar-refractivity contribution in [3.8, 4) is 11.1 Å². The average Bonchev–Trinajstić information content (AvgIpc) is 2.73. The number of carboxylic acid groups (broad SMARTS) is 1. The number of hydrogen-bond acceptors (Lipinski definition) is 4. The van der Waals surface area contributed by atoms with E-state index in [1.165, 1.54) is 24.2 Å². The zero-order chi connectivity index (χ0) is 22.5. The van der Waals surface area contributed by atoms with Crippen molar-refractivity contribution in [2.45, 2.75) is 25.4 Å². The predicted octanol–water partition coefficient (Wildman–Crippen LogP) is 1.75.